The van der Waals surface area contributed by atoms with Crippen molar-refractivity contribution in [1.29, 1.82) is 0 Å². The molecule has 0 bridgehead atoms. The minimum atomic E-state index is -0.145. The molecule has 0 amide bonds. The van der Waals surface area contributed by atoms with Gasteiger partial charge >= 0.3 is 0 Å². The summed E-state index contributed by atoms with van der Waals surface area (Å²) in [4.78, 5) is 15.1. The van der Waals surface area contributed by atoms with Crippen LogP contribution in [0, 0.1) is 0 Å². The Bertz CT molecular complexity index is 653. The highest BCUT2D eigenvalue weighted by Crippen LogP contribution is 2.33. The molecular weight excluding hydrogens is 260 g/mol. The molecule has 0 aromatic carbocycles. The zero-order valence-corrected chi connectivity index (χ0v) is 10.9. The lowest BCUT2D eigenvalue weighted by Gasteiger charge is -2.14. The molecule has 2 aliphatic rings. The maximum absolute atomic E-state index is 9.16. The molecule has 0 radical (unpaired) electrons. The third kappa shape index (κ3) is 1.80. The van der Waals surface area contributed by atoms with Crippen molar-refractivity contribution in [3.05, 3.63) is 6.33 Å². The first kappa shape index (κ1) is 11.9. The number of aromatic nitrogens is 4. The molecule has 106 valence electrons. The average Bonchev–Trinajstić information content (AvgIpc) is 3.03. The number of nitrogen functional groups attached to an aromatic ring is 1. The maximum Gasteiger partial charge on any atom is 0.224 e. The minimum Gasteiger partial charge on any atom is -0.394 e. The third-order valence-electron chi connectivity index (χ3n) is 3.77. The van der Waals surface area contributed by atoms with E-state index in [0.29, 0.717) is 5.65 Å². The molecule has 0 unspecified atom stereocenters. The van der Waals surface area contributed by atoms with Crippen molar-refractivity contribution in [2.75, 3.05) is 30.3 Å². The van der Waals surface area contributed by atoms with Crippen LogP contribution in [-0.2, 0) is 4.74 Å². The van der Waals surface area contributed by atoms with Gasteiger partial charge < -0.3 is 20.5 Å². The van der Waals surface area contributed by atoms with Gasteiger partial charge in [-0.3, -0.25) is 4.57 Å². The van der Waals surface area contributed by atoms with E-state index in [1.165, 1.54) is 0 Å². The smallest absolute Gasteiger partial charge is 0.224 e. The highest BCUT2D eigenvalue weighted by molar-refractivity contribution is 5.85. The van der Waals surface area contributed by atoms with Gasteiger partial charge in [-0.05, 0) is 12.8 Å². The van der Waals surface area contributed by atoms with Crippen LogP contribution in [0.15, 0.2) is 6.33 Å². The van der Waals surface area contributed by atoms with E-state index in [9.17, 15) is 0 Å². The Balaban J connectivity index is 1.77. The quantitative estimate of drug-likeness (QED) is 0.754. The number of aliphatic hydroxyl groups is 1. The number of ether oxygens (including phenoxy) is 1. The molecular formula is C12H16N6O2. The number of nitrogens with two attached hydrogens (primary N) is 1. The summed E-state index contributed by atoms with van der Waals surface area (Å²) >= 11 is 0. The standard InChI is InChI=1S/C12H16N6O2/c13-12-15-10(17-3-4-17)9-11(16-12)18(6-14-9)8-2-1-7(5-19)20-8/h6-8,19H,1-5H2,(H2,13,15,16)/t7-,8+/m0/s1. The van der Waals surface area contributed by atoms with Crippen LogP contribution in [0.5, 0.6) is 0 Å². The molecule has 2 aromatic heterocycles. The second-order valence-electron chi connectivity index (χ2n) is 5.19. The molecule has 3 N–H and O–H groups in total. The first-order valence-corrected chi connectivity index (χ1v) is 6.77. The van der Waals surface area contributed by atoms with Gasteiger partial charge in [-0.2, -0.15) is 9.97 Å². The Morgan fingerprint density at radius 3 is 2.90 bits per heavy atom. The highest BCUT2D eigenvalue weighted by atomic mass is 16.5. The number of nitrogens with zero attached hydrogens (tertiary/aromatic N) is 5. The van der Waals surface area contributed by atoms with Gasteiger partial charge in [-0.1, -0.05) is 0 Å². The van der Waals surface area contributed by atoms with Crippen LogP contribution in [0.2, 0.25) is 0 Å². The van der Waals surface area contributed by atoms with Gasteiger partial charge in [-0.15, -0.1) is 0 Å². The normalized spacial score (nSPS) is 25.6. The van der Waals surface area contributed by atoms with Crippen molar-refractivity contribution >= 4 is 22.9 Å². The van der Waals surface area contributed by atoms with Gasteiger partial charge in [0.1, 0.15) is 6.23 Å². The van der Waals surface area contributed by atoms with E-state index in [1.807, 2.05) is 4.57 Å². The highest BCUT2D eigenvalue weighted by Gasteiger charge is 2.30. The molecule has 2 aromatic rings. The van der Waals surface area contributed by atoms with Crippen molar-refractivity contribution in [3.8, 4) is 0 Å². The van der Waals surface area contributed by atoms with Crippen molar-refractivity contribution in [1.82, 2.24) is 19.5 Å². The Kier molecular flexibility index (Phi) is 2.54. The zero-order chi connectivity index (χ0) is 13.7. The second-order valence-corrected chi connectivity index (χ2v) is 5.19. The van der Waals surface area contributed by atoms with E-state index in [-0.39, 0.29) is 24.9 Å². The molecule has 8 nitrogen and oxygen atoms in total. The Morgan fingerprint density at radius 2 is 2.20 bits per heavy atom. The number of anilines is 2. The summed E-state index contributed by atoms with van der Waals surface area (Å²) in [7, 11) is 0. The number of hydrogen-bond donors (Lipinski definition) is 2. The third-order valence-corrected chi connectivity index (χ3v) is 3.77. The van der Waals surface area contributed by atoms with Crippen LogP contribution in [0.4, 0.5) is 11.8 Å². The Morgan fingerprint density at radius 1 is 1.35 bits per heavy atom. The summed E-state index contributed by atoms with van der Waals surface area (Å²) in [6, 6.07) is 0. The molecule has 0 spiro atoms. The molecule has 2 fully saturated rings. The lowest BCUT2D eigenvalue weighted by molar-refractivity contribution is -0.0207. The summed E-state index contributed by atoms with van der Waals surface area (Å²) in [5, 5.41) is 9.16. The van der Waals surface area contributed by atoms with Crippen LogP contribution >= 0.6 is 0 Å². The molecule has 2 aliphatic heterocycles. The average molecular weight is 276 g/mol. The van der Waals surface area contributed by atoms with Gasteiger partial charge in [0.05, 0.1) is 19.0 Å². The molecule has 4 rings (SSSR count). The molecule has 0 saturated carbocycles. The monoisotopic (exact) mass is 276 g/mol. The number of fused-ring (bicyclic) bond motifs is 1. The summed E-state index contributed by atoms with van der Waals surface area (Å²) in [6.45, 7) is 2.00. The predicted octanol–water partition coefficient (Wildman–Crippen LogP) is -0.102. The van der Waals surface area contributed by atoms with Crippen molar-refractivity contribution in [3.63, 3.8) is 0 Å². The number of aliphatic hydroxyl groups excluding tert-OH is 1. The fourth-order valence-electron chi connectivity index (χ4n) is 2.64. The largest absolute Gasteiger partial charge is 0.394 e. The van der Waals surface area contributed by atoms with E-state index < -0.39 is 0 Å². The Hall–Kier alpha value is -1.93. The Labute approximate surface area is 115 Å². The summed E-state index contributed by atoms with van der Waals surface area (Å²) in [5.74, 6) is 1.04. The number of rotatable bonds is 3. The van der Waals surface area contributed by atoms with Crippen molar-refractivity contribution < 1.29 is 9.84 Å². The van der Waals surface area contributed by atoms with E-state index in [1.54, 1.807) is 6.33 Å². The van der Waals surface area contributed by atoms with Gasteiger partial charge in [0, 0.05) is 13.1 Å². The van der Waals surface area contributed by atoms with Crippen LogP contribution in [-0.4, -0.2) is 50.4 Å². The lowest BCUT2D eigenvalue weighted by Crippen LogP contribution is -2.14. The zero-order valence-electron chi connectivity index (χ0n) is 10.9. The summed E-state index contributed by atoms with van der Waals surface area (Å²) in [6.07, 6.45) is 3.13. The van der Waals surface area contributed by atoms with E-state index >= 15 is 0 Å². The molecule has 8 heteroatoms. The van der Waals surface area contributed by atoms with E-state index in [4.69, 9.17) is 15.6 Å². The predicted molar refractivity (Wildman–Crippen MR) is 72.2 cm³/mol. The van der Waals surface area contributed by atoms with Crippen molar-refractivity contribution in [2.24, 2.45) is 0 Å². The van der Waals surface area contributed by atoms with Gasteiger partial charge in [0.2, 0.25) is 5.95 Å². The minimum absolute atomic E-state index is 0.0410. The molecule has 2 saturated heterocycles. The van der Waals surface area contributed by atoms with Crippen LogP contribution in [0.25, 0.3) is 11.2 Å². The maximum atomic E-state index is 9.16. The fraction of sp³-hybridized carbons (Fsp3) is 0.583. The second kappa shape index (κ2) is 4.29. The molecule has 20 heavy (non-hydrogen) atoms. The topological polar surface area (TPSA) is 102 Å². The fourth-order valence-corrected chi connectivity index (χ4v) is 2.64. The van der Waals surface area contributed by atoms with Crippen LogP contribution < -0.4 is 10.6 Å². The molecule has 2 atom stereocenters. The van der Waals surface area contributed by atoms with Crippen molar-refractivity contribution in [2.45, 2.75) is 25.2 Å². The SMILES string of the molecule is Nc1nc(N2CC2)c2ncn([C@H]3CC[C@@H](CO)O3)c2n1. The van der Waals surface area contributed by atoms with Gasteiger partial charge in [0.15, 0.2) is 17.0 Å². The number of imidazole rings is 1. The van der Waals surface area contributed by atoms with E-state index in [2.05, 4.69) is 19.9 Å². The lowest BCUT2D eigenvalue weighted by atomic mass is 10.2. The summed E-state index contributed by atoms with van der Waals surface area (Å²) in [5.41, 5.74) is 7.25. The molecule has 4 heterocycles. The van der Waals surface area contributed by atoms with Gasteiger partial charge in [0.25, 0.3) is 0 Å². The van der Waals surface area contributed by atoms with Crippen LogP contribution in [0.3, 0.4) is 0 Å². The van der Waals surface area contributed by atoms with Crippen LogP contribution in [0.1, 0.15) is 19.1 Å². The number of hydrogen-bond acceptors (Lipinski definition) is 7. The van der Waals surface area contributed by atoms with Gasteiger partial charge in [-0.25, -0.2) is 4.98 Å². The first-order chi connectivity index (χ1) is 9.76. The summed E-state index contributed by atoms with van der Waals surface area (Å²) < 4.78 is 7.66. The van der Waals surface area contributed by atoms with E-state index in [0.717, 1.165) is 37.3 Å². The first-order valence-electron chi connectivity index (χ1n) is 6.77. The molecule has 0 aliphatic carbocycles.